The second-order valence-corrected chi connectivity index (χ2v) is 14.8. The van der Waals surface area contributed by atoms with Crippen LogP contribution in [0.1, 0.15) is 0 Å². The third kappa shape index (κ3) is 5.74. The summed E-state index contributed by atoms with van der Waals surface area (Å²) < 4.78 is 2.58. The standard InChI is InChI=1S/C52H35NS/c1-3-13-37(14-4-1)44-18-7-8-19-45(44)39-27-32-43(33-28-39)53(50-23-12-22-49-48-20-9-10-24-51(48)54-52(49)50)42-30-25-36(26-31-42)40-29-34-47-41(35-40)17-11-21-46(47)38-15-5-2-6-16-38/h1-35H. The second-order valence-electron chi connectivity index (χ2n) is 13.7. The fourth-order valence-corrected chi connectivity index (χ4v) is 9.07. The van der Waals surface area contributed by atoms with Crippen LogP contribution < -0.4 is 4.90 Å². The van der Waals surface area contributed by atoms with Gasteiger partial charge in [0.2, 0.25) is 0 Å². The number of nitrogens with zero attached hydrogens (tertiary/aromatic N) is 1. The van der Waals surface area contributed by atoms with E-state index in [1.807, 2.05) is 11.3 Å². The van der Waals surface area contributed by atoms with Crippen molar-refractivity contribution in [1.82, 2.24) is 0 Å². The van der Waals surface area contributed by atoms with Crippen molar-refractivity contribution in [3.63, 3.8) is 0 Å². The van der Waals surface area contributed by atoms with E-state index in [1.165, 1.54) is 81.1 Å². The van der Waals surface area contributed by atoms with Gasteiger partial charge in [0.1, 0.15) is 0 Å². The molecule has 0 N–H and O–H groups in total. The minimum atomic E-state index is 1.12. The molecule has 0 radical (unpaired) electrons. The summed E-state index contributed by atoms with van der Waals surface area (Å²) in [6.45, 7) is 0. The normalized spacial score (nSPS) is 11.3. The summed E-state index contributed by atoms with van der Waals surface area (Å²) in [5.41, 5.74) is 13.2. The molecule has 0 spiro atoms. The van der Waals surface area contributed by atoms with E-state index in [0.29, 0.717) is 0 Å². The maximum Gasteiger partial charge on any atom is 0.0640 e. The van der Waals surface area contributed by atoms with Crippen molar-refractivity contribution in [1.29, 1.82) is 0 Å². The minimum Gasteiger partial charge on any atom is -0.309 e. The minimum absolute atomic E-state index is 1.12. The second kappa shape index (κ2) is 13.7. The first kappa shape index (κ1) is 32.0. The summed E-state index contributed by atoms with van der Waals surface area (Å²) in [5, 5.41) is 5.09. The van der Waals surface area contributed by atoms with Crippen LogP contribution in [0, 0.1) is 0 Å². The van der Waals surface area contributed by atoms with E-state index in [2.05, 4.69) is 217 Å². The van der Waals surface area contributed by atoms with Gasteiger partial charge < -0.3 is 4.90 Å². The van der Waals surface area contributed by atoms with Crippen LogP contribution in [0.5, 0.6) is 0 Å². The lowest BCUT2D eigenvalue weighted by atomic mass is 9.94. The fourth-order valence-electron chi connectivity index (χ4n) is 7.87. The Balaban J connectivity index is 1.07. The monoisotopic (exact) mass is 705 g/mol. The molecule has 0 amide bonds. The Bertz CT molecular complexity index is 2910. The van der Waals surface area contributed by atoms with E-state index < -0.39 is 0 Å². The number of fused-ring (bicyclic) bond motifs is 4. The topological polar surface area (TPSA) is 3.24 Å². The van der Waals surface area contributed by atoms with Crippen LogP contribution in [0.3, 0.4) is 0 Å². The average molecular weight is 706 g/mol. The van der Waals surface area contributed by atoms with Crippen LogP contribution >= 0.6 is 11.3 Å². The molecule has 10 aromatic rings. The zero-order valence-corrected chi connectivity index (χ0v) is 30.4. The number of benzene rings is 9. The first-order chi connectivity index (χ1) is 26.8. The van der Waals surface area contributed by atoms with Crippen LogP contribution in [0.15, 0.2) is 212 Å². The van der Waals surface area contributed by atoms with Gasteiger partial charge in [-0.25, -0.2) is 0 Å². The van der Waals surface area contributed by atoms with Gasteiger partial charge >= 0.3 is 0 Å². The maximum absolute atomic E-state index is 2.42. The molecule has 54 heavy (non-hydrogen) atoms. The zero-order valence-electron chi connectivity index (χ0n) is 29.6. The van der Waals surface area contributed by atoms with E-state index in [0.717, 1.165) is 11.4 Å². The molecule has 0 unspecified atom stereocenters. The van der Waals surface area contributed by atoms with Gasteiger partial charge in [0.25, 0.3) is 0 Å². The first-order valence-electron chi connectivity index (χ1n) is 18.4. The van der Waals surface area contributed by atoms with Gasteiger partial charge in [-0.3, -0.25) is 0 Å². The molecule has 10 rings (SSSR count). The molecule has 0 aliphatic carbocycles. The van der Waals surface area contributed by atoms with Crippen LogP contribution in [0.4, 0.5) is 17.1 Å². The van der Waals surface area contributed by atoms with Crippen molar-refractivity contribution in [2.45, 2.75) is 0 Å². The van der Waals surface area contributed by atoms with Gasteiger partial charge in [-0.05, 0) is 97.7 Å². The molecule has 1 nitrogen and oxygen atoms in total. The van der Waals surface area contributed by atoms with E-state index in [9.17, 15) is 0 Å². The molecule has 2 heteroatoms. The van der Waals surface area contributed by atoms with E-state index in [1.54, 1.807) is 0 Å². The average Bonchev–Trinajstić information content (AvgIpc) is 3.64. The molecule has 0 bridgehead atoms. The van der Waals surface area contributed by atoms with Crippen molar-refractivity contribution >= 4 is 59.3 Å². The Hall–Kier alpha value is -6.74. The molecule has 1 heterocycles. The van der Waals surface area contributed by atoms with Crippen LogP contribution in [-0.2, 0) is 0 Å². The summed E-state index contributed by atoms with van der Waals surface area (Å²) in [6.07, 6.45) is 0. The summed E-state index contributed by atoms with van der Waals surface area (Å²) in [7, 11) is 0. The molecule has 1 aromatic heterocycles. The smallest absolute Gasteiger partial charge is 0.0640 e. The summed E-state index contributed by atoms with van der Waals surface area (Å²) in [5.74, 6) is 0. The molecular formula is C52H35NS. The van der Waals surface area contributed by atoms with E-state index >= 15 is 0 Å². The third-order valence-corrected chi connectivity index (χ3v) is 11.7. The fraction of sp³-hybridized carbons (Fsp3) is 0. The van der Waals surface area contributed by atoms with Crippen molar-refractivity contribution in [2.24, 2.45) is 0 Å². The zero-order chi connectivity index (χ0) is 35.8. The molecule has 254 valence electrons. The summed E-state index contributed by atoms with van der Waals surface area (Å²) in [6, 6.07) is 77.0. The van der Waals surface area contributed by atoms with Crippen molar-refractivity contribution in [2.75, 3.05) is 4.90 Å². The molecule has 0 aliphatic rings. The highest BCUT2D eigenvalue weighted by atomic mass is 32.1. The lowest BCUT2D eigenvalue weighted by Crippen LogP contribution is -2.10. The molecule has 0 saturated heterocycles. The quantitative estimate of drug-likeness (QED) is 0.160. The highest BCUT2D eigenvalue weighted by molar-refractivity contribution is 7.26. The predicted molar refractivity (Wildman–Crippen MR) is 233 cm³/mol. The highest BCUT2D eigenvalue weighted by Crippen LogP contribution is 2.45. The van der Waals surface area contributed by atoms with Crippen molar-refractivity contribution in [3.8, 4) is 44.5 Å². The lowest BCUT2D eigenvalue weighted by molar-refractivity contribution is 1.30. The van der Waals surface area contributed by atoms with Gasteiger partial charge in [0, 0.05) is 26.8 Å². The first-order valence-corrected chi connectivity index (χ1v) is 19.2. The lowest BCUT2D eigenvalue weighted by Gasteiger charge is -2.26. The SMILES string of the molecule is c1ccc(-c2ccccc2-c2ccc(N(c3ccc(-c4ccc5c(-c6ccccc6)cccc5c4)cc3)c3cccc4c3sc3ccccc34)cc2)cc1. The van der Waals surface area contributed by atoms with E-state index in [-0.39, 0.29) is 0 Å². The van der Waals surface area contributed by atoms with Gasteiger partial charge in [-0.1, -0.05) is 170 Å². The van der Waals surface area contributed by atoms with Gasteiger partial charge in [-0.15, -0.1) is 11.3 Å². The van der Waals surface area contributed by atoms with Crippen molar-refractivity contribution in [3.05, 3.63) is 212 Å². The van der Waals surface area contributed by atoms with Gasteiger partial charge in [0.15, 0.2) is 0 Å². The predicted octanol–water partition coefficient (Wildman–Crippen LogP) is 15.3. The molecule has 0 fully saturated rings. The number of rotatable bonds is 7. The Morgan fingerprint density at radius 1 is 0.315 bits per heavy atom. The highest BCUT2D eigenvalue weighted by Gasteiger charge is 2.19. The number of hydrogen-bond donors (Lipinski definition) is 0. The van der Waals surface area contributed by atoms with Crippen molar-refractivity contribution < 1.29 is 0 Å². The van der Waals surface area contributed by atoms with Gasteiger partial charge in [0.05, 0.1) is 10.4 Å². The number of hydrogen-bond acceptors (Lipinski definition) is 2. The molecule has 0 aliphatic heterocycles. The third-order valence-electron chi connectivity index (χ3n) is 10.5. The van der Waals surface area contributed by atoms with Gasteiger partial charge in [-0.2, -0.15) is 0 Å². The van der Waals surface area contributed by atoms with Crippen LogP contribution in [0.25, 0.3) is 75.5 Å². The maximum atomic E-state index is 2.42. The molecule has 0 atom stereocenters. The molecular weight excluding hydrogens is 671 g/mol. The Kier molecular flexibility index (Phi) is 8.09. The number of thiophene rings is 1. The Morgan fingerprint density at radius 2 is 0.833 bits per heavy atom. The molecule has 9 aromatic carbocycles. The Labute approximate surface area is 319 Å². The number of anilines is 3. The van der Waals surface area contributed by atoms with E-state index in [4.69, 9.17) is 0 Å². The molecule has 0 saturated carbocycles. The largest absolute Gasteiger partial charge is 0.309 e. The van der Waals surface area contributed by atoms with Crippen LogP contribution in [-0.4, -0.2) is 0 Å². The Morgan fingerprint density at radius 3 is 1.54 bits per heavy atom. The summed E-state index contributed by atoms with van der Waals surface area (Å²) >= 11 is 1.86. The summed E-state index contributed by atoms with van der Waals surface area (Å²) in [4.78, 5) is 2.42. The van der Waals surface area contributed by atoms with Crippen LogP contribution in [0.2, 0.25) is 0 Å².